The molecule has 86 valence electrons. The van der Waals surface area contributed by atoms with E-state index in [4.69, 9.17) is 10.3 Å². The summed E-state index contributed by atoms with van der Waals surface area (Å²) in [6, 6.07) is 0. The zero-order valence-corrected chi connectivity index (χ0v) is 9.02. The molecule has 0 fully saturated rings. The Balaban J connectivity index is 2.58. The molecule has 0 atom stereocenters. The summed E-state index contributed by atoms with van der Waals surface area (Å²) < 4.78 is 26.2. The van der Waals surface area contributed by atoms with Crippen molar-refractivity contribution < 1.29 is 27.5 Å². The van der Waals surface area contributed by atoms with Crippen LogP contribution < -0.4 is 0 Å². The molecule has 2 rings (SSSR count). The molecule has 0 spiro atoms. The van der Waals surface area contributed by atoms with Crippen molar-refractivity contribution in [3.63, 3.8) is 0 Å². The third-order valence-electron chi connectivity index (χ3n) is 2.27. The van der Waals surface area contributed by atoms with Crippen LogP contribution in [0, 0.1) is 0 Å². The summed E-state index contributed by atoms with van der Waals surface area (Å²) in [6.07, 6.45) is 2.27. The number of carbonyl (C=O) groups excluding carboxylic acids is 2. The van der Waals surface area contributed by atoms with Crippen LogP contribution in [-0.2, 0) is 24.6 Å². The summed E-state index contributed by atoms with van der Waals surface area (Å²) in [5.74, 6) is -1.90. The van der Waals surface area contributed by atoms with Crippen LogP contribution in [0.15, 0.2) is 23.5 Å². The minimum atomic E-state index is -2.45. The summed E-state index contributed by atoms with van der Waals surface area (Å²) in [5.41, 5.74) is 7.73. The highest BCUT2D eigenvalue weighted by Crippen LogP contribution is 2.23. The van der Waals surface area contributed by atoms with Gasteiger partial charge in [0.1, 0.15) is 5.76 Å². The second kappa shape index (κ2) is 3.93. The Morgan fingerprint density at radius 2 is 2.00 bits per heavy atom. The SMILES string of the molecule is [N-]=[N+]=C1C(=O)OC2=C(CC(=S(=O)=O)C=C2)C1=O. The van der Waals surface area contributed by atoms with Gasteiger partial charge in [0.15, 0.2) is 0 Å². The Bertz CT molecular complexity index is 681. The molecule has 8 heteroatoms. The first-order valence-electron chi connectivity index (χ1n) is 4.40. The van der Waals surface area contributed by atoms with E-state index in [1.807, 2.05) is 0 Å². The lowest BCUT2D eigenvalue weighted by atomic mass is 9.95. The van der Waals surface area contributed by atoms with Gasteiger partial charge in [-0.2, -0.15) is 13.2 Å². The number of hydrogen-bond donors (Lipinski definition) is 0. The summed E-state index contributed by atoms with van der Waals surface area (Å²) in [5, 5.41) is 0. The van der Waals surface area contributed by atoms with Gasteiger partial charge in [-0.3, -0.25) is 4.79 Å². The summed E-state index contributed by atoms with van der Waals surface area (Å²) in [6.45, 7) is 0. The number of rotatable bonds is 0. The quantitative estimate of drug-likeness (QED) is 0.238. The monoisotopic (exact) mass is 252 g/mol. The van der Waals surface area contributed by atoms with Crippen LogP contribution >= 0.6 is 0 Å². The van der Waals surface area contributed by atoms with Crippen molar-refractivity contribution in [2.24, 2.45) is 0 Å². The predicted octanol–water partition coefficient (Wildman–Crippen LogP) is -0.951. The maximum absolute atomic E-state index is 11.7. The first-order chi connectivity index (χ1) is 8.04. The Labute approximate surface area is 96.1 Å². The lowest BCUT2D eigenvalue weighted by molar-refractivity contribution is -0.139. The fraction of sp³-hybridized carbons (Fsp3) is 0.111. The topological polar surface area (TPSA) is 114 Å². The van der Waals surface area contributed by atoms with Crippen LogP contribution in [-0.4, -0.2) is 35.5 Å². The van der Waals surface area contributed by atoms with Crippen molar-refractivity contribution in [2.45, 2.75) is 6.42 Å². The third-order valence-corrected chi connectivity index (χ3v) is 2.98. The van der Waals surface area contributed by atoms with Crippen molar-refractivity contribution in [3.8, 4) is 0 Å². The lowest BCUT2D eigenvalue weighted by Crippen LogP contribution is -2.35. The first-order valence-corrected chi connectivity index (χ1v) is 5.47. The molecule has 0 aromatic carbocycles. The molecule has 1 aliphatic carbocycles. The smallest absolute Gasteiger partial charge is 0.417 e. The molecule has 0 bridgehead atoms. The zero-order valence-electron chi connectivity index (χ0n) is 8.21. The molecular formula is C9H4N2O5S. The molecule has 0 saturated heterocycles. The van der Waals surface area contributed by atoms with E-state index in [2.05, 4.69) is 4.79 Å². The minimum Gasteiger partial charge on any atom is -0.417 e. The molecule has 7 nitrogen and oxygen atoms in total. The molecule has 17 heavy (non-hydrogen) atoms. The van der Waals surface area contributed by atoms with E-state index in [1.165, 1.54) is 12.2 Å². The van der Waals surface area contributed by atoms with Crippen molar-refractivity contribution >= 4 is 32.6 Å². The Morgan fingerprint density at radius 3 is 2.59 bits per heavy atom. The standard InChI is InChI=1S/C9H4N2O5S/c10-11-7-8(12)5-3-4(17(14)15)1-2-6(5)16-9(7)13/h1-2H,3H2. The van der Waals surface area contributed by atoms with Gasteiger partial charge in [0, 0.05) is 6.42 Å². The van der Waals surface area contributed by atoms with Crippen LogP contribution in [0.25, 0.3) is 5.53 Å². The fourth-order valence-electron chi connectivity index (χ4n) is 1.46. The van der Waals surface area contributed by atoms with Gasteiger partial charge in [0.25, 0.3) is 5.78 Å². The minimum absolute atomic E-state index is 0.00709. The van der Waals surface area contributed by atoms with Crippen LogP contribution in [0.2, 0.25) is 0 Å². The van der Waals surface area contributed by atoms with Crippen LogP contribution in [0.1, 0.15) is 6.42 Å². The van der Waals surface area contributed by atoms with Crippen molar-refractivity contribution in [1.82, 2.24) is 0 Å². The van der Waals surface area contributed by atoms with E-state index in [9.17, 15) is 18.0 Å². The van der Waals surface area contributed by atoms with Crippen LogP contribution in [0.5, 0.6) is 0 Å². The van der Waals surface area contributed by atoms with Gasteiger partial charge in [-0.25, -0.2) is 4.79 Å². The summed E-state index contributed by atoms with van der Waals surface area (Å²) in [7, 11) is -2.45. The van der Waals surface area contributed by atoms with E-state index in [1.54, 1.807) is 0 Å². The van der Waals surface area contributed by atoms with Crippen molar-refractivity contribution in [3.05, 3.63) is 29.0 Å². The molecule has 1 heterocycles. The van der Waals surface area contributed by atoms with Crippen molar-refractivity contribution in [2.75, 3.05) is 0 Å². The molecular weight excluding hydrogens is 248 g/mol. The maximum Gasteiger partial charge on any atom is 0.446 e. The van der Waals surface area contributed by atoms with Gasteiger partial charge in [0.2, 0.25) is 10.3 Å². The average Bonchev–Trinajstić information content (AvgIpc) is 2.29. The Hall–Kier alpha value is -2.31. The van der Waals surface area contributed by atoms with Crippen LogP contribution in [0.4, 0.5) is 0 Å². The second-order valence-corrected chi connectivity index (χ2v) is 4.21. The lowest BCUT2D eigenvalue weighted by Gasteiger charge is -2.16. The molecule has 0 aromatic rings. The molecule has 0 radical (unpaired) electrons. The van der Waals surface area contributed by atoms with Gasteiger partial charge in [0.05, 0.1) is 10.4 Å². The average molecular weight is 252 g/mol. The molecule has 2 aliphatic rings. The molecule has 0 aromatic heterocycles. The van der Waals surface area contributed by atoms with E-state index in [0.29, 0.717) is 0 Å². The van der Waals surface area contributed by atoms with Gasteiger partial charge in [-0.1, -0.05) is 0 Å². The number of ketones is 1. The highest BCUT2D eigenvalue weighted by Gasteiger charge is 2.42. The highest BCUT2D eigenvalue weighted by molar-refractivity contribution is 7.73. The first kappa shape index (κ1) is 11.2. The predicted molar refractivity (Wildman–Crippen MR) is 54.4 cm³/mol. The molecule has 0 saturated carbocycles. The molecule has 0 N–H and O–H groups in total. The summed E-state index contributed by atoms with van der Waals surface area (Å²) >= 11 is 0. The Kier molecular flexibility index (Phi) is 2.58. The largest absolute Gasteiger partial charge is 0.446 e. The second-order valence-electron chi connectivity index (χ2n) is 3.22. The number of esters is 1. The number of carbonyl (C=O) groups is 2. The van der Waals surface area contributed by atoms with Gasteiger partial charge in [-0.05, 0) is 12.2 Å². The zero-order chi connectivity index (χ0) is 12.6. The summed E-state index contributed by atoms with van der Waals surface area (Å²) in [4.78, 5) is 25.4. The Morgan fingerprint density at radius 1 is 1.29 bits per heavy atom. The van der Waals surface area contributed by atoms with Gasteiger partial charge in [-0.15, -0.1) is 0 Å². The van der Waals surface area contributed by atoms with Crippen molar-refractivity contribution in [1.29, 1.82) is 0 Å². The van der Waals surface area contributed by atoms with E-state index >= 15 is 0 Å². The normalized spacial score (nSPS) is 18.8. The number of ether oxygens (including phenoxy) is 1. The number of hydrogen-bond acceptors (Lipinski definition) is 5. The third kappa shape index (κ3) is 1.75. The van der Waals surface area contributed by atoms with E-state index in [0.717, 1.165) is 0 Å². The van der Waals surface area contributed by atoms with E-state index in [-0.39, 0.29) is 22.6 Å². The highest BCUT2D eigenvalue weighted by atomic mass is 32.2. The van der Waals surface area contributed by atoms with Crippen LogP contribution in [0.3, 0.4) is 0 Å². The maximum atomic E-state index is 11.7. The van der Waals surface area contributed by atoms with Gasteiger partial charge >= 0.3 is 11.7 Å². The van der Waals surface area contributed by atoms with E-state index < -0.39 is 27.8 Å². The number of nitrogens with zero attached hydrogens (tertiary/aromatic N) is 2. The molecule has 0 unspecified atom stereocenters. The number of Topliss-reactive ketones (excluding diaryl/α,β-unsaturated/α-hetero) is 1. The van der Waals surface area contributed by atoms with Gasteiger partial charge < -0.3 is 10.3 Å². The fourth-order valence-corrected chi connectivity index (χ4v) is 1.90. The number of allylic oxidation sites excluding steroid dienone is 3. The molecule has 1 aliphatic heterocycles. The molecule has 0 amide bonds.